The maximum absolute atomic E-state index is 11.6. The van der Waals surface area contributed by atoms with Crippen molar-refractivity contribution in [2.24, 2.45) is 5.92 Å². The van der Waals surface area contributed by atoms with E-state index in [1.807, 2.05) is 13.8 Å². The van der Waals surface area contributed by atoms with Crippen LogP contribution in [0.5, 0.6) is 0 Å². The van der Waals surface area contributed by atoms with Crippen molar-refractivity contribution in [1.82, 2.24) is 20.2 Å². The number of fused-ring (bicyclic) bond motifs is 1. The van der Waals surface area contributed by atoms with Crippen LogP contribution in [0.1, 0.15) is 20.3 Å². The maximum Gasteiger partial charge on any atom is 0.225 e. The Morgan fingerprint density at radius 2 is 2.31 bits per heavy atom. The van der Waals surface area contributed by atoms with Crippen LogP contribution in [-0.4, -0.2) is 26.1 Å². The van der Waals surface area contributed by atoms with Crippen molar-refractivity contribution in [3.8, 4) is 0 Å². The quantitative estimate of drug-likeness (QED) is 0.815. The van der Waals surface area contributed by atoms with E-state index in [2.05, 4.69) is 25.5 Å². The summed E-state index contributed by atoms with van der Waals surface area (Å²) in [5.41, 5.74) is 0.620. The predicted molar refractivity (Wildman–Crippen MR) is 59.8 cm³/mol. The molecule has 84 valence electrons. The zero-order chi connectivity index (χ0) is 11.5. The largest absolute Gasteiger partial charge is 0.310 e. The SMILES string of the molecule is CC(C)CC(=O)Nc1ncnc2[nH]ncc12. The molecule has 0 aliphatic carbocycles. The van der Waals surface area contributed by atoms with Gasteiger partial charge in [0.15, 0.2) is 5.65 Å². The van der Waals surface area contributed by atoms with Crippen molar-refractivity contribution in [3.05, 3.63) is 12.5 Å². The smallest absolute Gasteiger partial charge is 0.225 e. The van der Waals surface area contributed by atoms with Crippen LogP contribution in [0.2, 0.25) is 0 Å². The first kappa shape index (κ1) is 10.5. The first-order chi connectivity index (χ1) is 7.66. The molecule has 2 heterocycles. The summed E-state index contributed by atoms with van der Waals surface area (Å²) in [4.78, 5) is 19.6. The molecule has 16 heavy (non-hydrogen) atoms. The summed E-state index contributed by atoms with van der Waals surface area (Å²) in [7, 11) is 0. The molecule has 6 heteroatoms. The Balaban J connectivity index is 2.20. The highest BCUT2D eigenvalue weighted by molar-refractivity contribution is 5.97. The molecule has 0 spiro atoms. The van der Waals surface area contributed by atoms with Gasteiger partial charge in [0.2, 0.25) is 5.91 Å². The van der Waals surface area contributed by atoms with Gasteiger partial charge in [-0.25, -0.2) is 9.97 Å². The van der Waals surface area contributed by atoms with Gasteiger partial charge in [-0.15, -0.1) is 0 Å². The Bertz CT molecular complexity index is 505. The fourth-order valence-corrected chi connectivity index (χ4v) is 1.42. The molecule has 0 bridgehead atoms. The van der Waals surface area contributed by atoms with Crippen molar-refractivity contribution in [2.45, 2.75) is 20.3 Å². The van der Waals surface area contributed by atoms with Gasteiger partial charge in [0, 0.05) is 6.42 Å². The first-order valence-corrected chi connectivity index (χ1v) is 5.10. The van der Waals surface area contributed by atoms with Crippen molar-refractivity contribution in [1.29, 1.82) is 0 Å². The molecule has 0 aliphatic heterocycles. The van der Waals surface area contributed by atoms with Crippen LogP contribution < -0.4 is 5.32 Å². The number of anilines is 1. The maximum atomic E-state index is 11.6. The molecule has 0 aliphatic rings. The van der Waals surface area contributed by atoms with Crippen LogP contribution in [-0.2, 0) is 4.79 Å². The monoisotopic (exact) mass is 219 g/mol. The molecule has 0 saturated heterocycles. The van der Waals surface area contributed by atoms with Gasteiger partial charge < -0.3 is 5.32 Å². The number of hydrogen-bond donors (Lipinski definition) is 2. The van der Waals surface area contributed by atoms with Crippen molar-refractivity contribution < 1.29 is 4.79 Å². The number of aromatic nitrogens is 4. The second kappa shape index (κ2) is 4.26. The molecule has 6 nitrogen and oxygen atoms in total. The molecule has 0 unspecified atom stereocenters. The lowest BCUT2D eigenvalue weighted by Gasteiger charge is -2.06. The summed E-state index contributed by atoms with van der Waals surface area (Å²) in [5.74, 6) is 0.780. The highest BCUT2D eigenvalue weighted by Crippen LogP contribution is 2.16. The zero-order valence-corrected chi connectivity index (χ0v) is 9.19. The summed E-state index contributed by atoms with van der Waals surface area (Å²) >= 11 is 0. The molecule has 1 amide bonds. The first-order valence-electron chi connectivity index (χ1n) is 5.10. The van der Waals surface area contributed by atoms with Crippen LogP contribution in [0.4, 0.5) is 5.82 Å². The average molecular weight is 219 g/mol. The number of amides is 1. The number of aromatic amines is 1. The molecule has 2 N–H and O–H groups in total. The summed E-state index contributed by atoms with van der Waals surface area (Å²) in [6.07, 6.45) is 3.47. The van der Waals surface area contributed by atoms with Crippen LogP contribution in [0.25, 0.3) is 11.0 Å². The minimum atomic E-state index is -0.0452. The van der Waals surface area contributed by atoms with E-state index in [1.165, 1.54) is 6.33 Å². The van der Waals surface area contributed by atoms with Gasteiger partial charge in [-0.05, 0) is 5.92 Å². The third kappa shape index (κ3) is 2.16. The van der Waals surface area contributed by atoms with Gasteiger partial charge in [-0.1, -0.05) is 13.8 Å². The molecule has 0 fully saturated rings. The van der Waals surface area contributed by atoms with Crippen LogP contribution in [0.15, 0.2) is 12.5 Å². The number of H-pyrrole nitrogens is 1. The Hall–Kier alpha value is -1.98. The van der Waals surface area contributed by atoms with Gasteiger partial charge >= 0.3 is 0 Å². The fourth-order valence-electron chi connectivity index (χ4n) is 1.42. The number of nitrogens with zero attached hydrogens (tertiary/aromatic N) is 3. The Morgan fingerprint density at radius 3 is 3.06 bits per heavy atom. The van der Waals surface area contributed by atoms with E-state index in [9.17, 15) is 4.79 Å². The van der Waals surface area contributed by atoms with Gasteiger partial charge in [0.05, 0.1) is 11.6 Å². The highest BCUT2D eigenvalue weighted by Gasteiger charge is 2.10. The van der Waals surface area contributed by atoms with E-state index < -0.39 is 0 Å². The second-order valence-electron chi connectivity index (χ2n) is 4.00. The summed E-state index contributed by atoms with van der Waals surface area (Å²) in [5, 5.41) is 10.0. The number of hydrogen-bond acceptors (Lipinski definition) is 4. The summed E-state index contributed by atoms with van der Waals surface area (Å²) in [6, 6.07) is 0. The van der Waals surface area contributed by atoms with Gasteiger partial charge in [-0.3, -0.25) is 9.89 Å². The molecular formula is C10H13N5O. The topological polar surface area (TPSA) is 83.6 Å². The van der Waals surface area contributed by atoms with Gasteiger partial charge in [-0.2, -0.15) is 5.10 Å². The molecule has 0 atom stereocenters. The lowest BCUT2D eigenvalue weighted by atomic mass is 10.1. The van der Waals surface area contributed by atoms with E-state index >= 15 is 0 Å². The fraction of sp³-hybridized carbons (Fsp3) is 0.400. The van der Waals surface area contributed by atoms with E-state index in [1.54, 1.807) is 6.20 Å². The highest BCUT2D eigenvalue weighted by atomic mass is 16.1. The lowest BCUT2D eigenvalue weighted by molar-refractivity contribution is -0.116. The molecule has 0 saturated carbocycles. The molecule has 2 aromatic rings. The second-order valence-corrected chi connectivity index (χ2v) is 4.00. The van der Waals surface area contributed by atoms with Crippen LogP contribution in [0, 0.1) is 5.92 Å². The Labute approximate surface area is 92.5 Å². The third-order valence-electron chi connectivity index (χ3n) is 2.10. The average Bonchev–Trinajstić information content (AvgIpc) is 2.65. The molecule has 2 rings (SSSR count). The third-order valence-corrected chi connectivity index (χ3v) is 2.10. The predicted octanol–water partition coefficient (Wildman–Crippen LogP) is 1.34. The standard InChI is InChI=1S/C10H13N5O/c1-6(2)3-8(16)14-9-7-4-13-15-10(7)12-5-11-9/h4-6H,3H2,1-2H3,(H2,11,12,13,14,15,16). The van der Waals surface area contributed by atoms with Crippen LogP contribution >= 0.6 is 0 Å². The van der Waals surface area contributed by atoms with Crippen LogP contribution in [0.3, 0.4) is 0 Å². The number of nitrogens with one attached hydrogen (secondary N) is 2. The summed E-state index contributed by atoms with van der Waals surface area (Å²) < 4.78 is 0. The molecule has 2 aromatic heterocycles. The normalized spacial score (nSPS) is 10.9. The lowest BCUT2D eigenvalue weighted by Crippen LogP contribution is -2.15. The van der Waals surface area contributed by atoms with Crippen molar-refractivity contribution in [3.63, 3.8) is 0 Å². The number of carbonyl (C=O) groups excluding carboxylic acids is 1. The zero-order valence-electron chi connectivity index (χ0n) is 9.19. The van der Waals surface area contributed by atoms with Crippen molar-refractivity contribution in [2.75, 3.05) is 5.32 Å². The molecular weight excluding hydrogens is 206 g/mol. The van der Waals surface area contributed by atoms with E-state index in [0.717, 1.165) is 5.39 Å². The van der Waals surface area contributed by atoms with Crippen molar-refractivity contribution >= 4 is 22.8 Å². The molecule has 0 aromatic carbocycles. The minimum Gasteiger partial charge on any atom is -0.310 e. The van der Waals surface area contributed by atoms with Gasteiger partial charge in [0.1, 0.15) is 12.1 Å². The van der Waals surface area contributed by atoms with Gasteiger partial charge in [0.25, 0.3) is 0 Å². The molecule has 0 radical (unpaired) electrons. The number of rotatable bonds is 3. The Morgan fingerprint density at radius 1 is 1.50 bits per heavy atom. The Kier molecular flexibility index (Phi) is 2.80. The van der Waals surface area contributed by atoms with E-state index in [0.29, 0.717) is 23.8 Å². The summed E-state index contributed by atoms with van der Waals surface area (Å²) in [6.45, 7) is 3.99. The van der Waals surface area contributed by atoms with E-state index in [-0.39, 0.29) is 5.91 Å². The minimum absolute atomic E-state index is 0.0452. The van der Waals surface area contributed by atoms with E-state index in [4.69, 9.17) is 0 Å². The number of carbonyl (C=O) groups is 1.